The molecule has 0 fully saturated rings. The van der Waals surface area contributed by atoms with Gasteiger partial charge in [0.15, 0.2) is 0 Å². The highest BCUT2D eigenvalue weighted by Gasteiger charge is 2.14. The van der Waals surface area contributed by atoms with Gasteiger partial charge in [-0.25, -0.2) is 4.39 Å². The average Bonchev–Trinajstić information content (AvgIpc) is 2.63. The predicted molar refractivity (Wildman–Crippen MR) is 107 cm³/mol. The molecule has 0 spiro atoms. The van der Waals surface area contributed by atoms with E-state index in [1.54, 1.807) is 22.5 Å². The molecule has 26 heavy (non-hydrogen) atoms. The van der Waals surface area contributed by atoms with Crippen LogP contribution in [0.25, 0.3) is 0 Å². The minimum atomic E-state index is -0.393. The Labute approximate surface area is 166 Å². The van der Waals surface area contributed by atoms with Gasteiger partial charge in [-0.05, 0) is 60.8 Å². The third-order valence-corrected chi connectivity index (χ3v) is 4.73. The molecule has 0 saturated carbocycles. The van der Waals surface area contributed by atoms with E-state index in [0.29, 0.717) is 35.1 Å². The van der Waals surface area contributed by atoms with Gasteiger partial charge in [-0.3, -0.25) is 10.1 Å². The fraction of sp³-hybridized carbons (Fsp3) is 0.222. The van der Waals surface area contributed by atoms with Crippen molar-refractivity contribution in [3.63, 3.8) is 0 Å². The summed E-state index contributed by atoms with van der Waals surface area (Å²) in [5.74, 6) is -0.393. The predicted octanol–water partition coefficient (Wildman–Crippen LogP) is 5.95. The SMILES string of the molecule is C#C.O=[N+]([O-])CCCCN(Sc1ccc(Cl)cc1)c1cc(Cl)ccc1F. The Morgan fingerprint density at radius 2 is 1.69 bits per heavy atom. The zero-order valence-electron chi connectivity index (χ0n) is 13.8. The van der Waals surface area contributed by atoms with E-state index in [0.717, 1.165) is 4.90 Å². The van der Waals surface area contributed by atoms with Crippen LogP contribution in [0.2, 0.25) is 10.0 Å². The highest BCUT2D eigenvalue weighted by atomic mass is 35.5. The van der Waals surface area contributed by atoms with E-state index in [4.69, 9.17) is 23.2 Å². The third kappa shape index (κ3) is 7.52. The lowest BCUT2D eigenvalue weighted by molar-refractivity contribution is -0.480. The number of nitro groups is 1. The van der Waals surface area contributed by atoms with Crippen LogP contribution < -0.4 is 4.31 Å². The molecule has 138 valence electrons. The number of nitrogens with zero attached hydrogens (tertiary/aromatic N) is 2. The first kappa shape index (κ1) is 22.1. The van der Waals surface area contributed by atoms with Gasteiger partial charge in [0.1, 0.15) is 5.82 Å². The molecule has 0 unspecified atom stereocenters. The summed E-state index contributed by atoms with van der Waals surface area (Å²) in [5, 5.41) is 11.5. The Hall–Kier alpha value is -1.94. The highest BCUT2D eigenvalue weighted by molar-refractivity contribution is 8.00. The summed E-state index contributed by atoms with van der Waals surface area (Å²) in [6.07, 6.45) is 8.99. The molecule has 2 aromatic rings. The first-order valence-corrected chi connectivity index (χ1v) is 9.10. The van der Waals surface area contributed by atoms with E-state index < -0.39 is 5.82 Å². The number of anilines is 1. The summed E-state index contributed by atoms with van der Waals surface area (Å²) in [4.78, 5) is 11.0. The van der Waals surface area contributed by atoms with Crippen LogP contribution in [-0.4, -0.2) is 18.0 Å². The molecule has 0 aliphatic heterocycles. The second-order valence-corrected chi connectivity index (χ2v) is 6.97. The molecule has 4 nitrogen and oxygen atoms in total. The first-order chi connectivity index (χ1) is 12.5. The molecule has 0 atom stereocenters. The van der Waals surface area contributed by atoms with E-state index in [-0.39, 0.29) is 11.5 Å². The Morgan fingerprint density at radius 1 is 1.08 bits per heavy atom. The van der Waals surface area contributed by atoms with Gasteiger partial charge < -0.3 is 4.31 Å². The lowest BCUT2D eigenvalue weighted by atomic mass is 10.2. The molecular formula is C18H17Cl2FN2O2S. The van der Waals surface area contributed by atoms with Crippen molar-refractivity contribution in [1.29, 1.82) is 0 Å². The van der Waals surface area contributed by atoms with Crippen LogP contribution in [0.4, 0.5) is 10.1 Å². The minimum Gasteiger partial charge on any atom is -0.309 e. The van der Waals surface area contributed by atoms with Gasteiger partial charge in [0, 0.05) is 32.8 Å². The van der Waals surface area contributed by atoms with Crippen molar-refractivity contribution in [2.75, 3.05) is 17.4 Å². The van der Waals surface area contributed by atoms with Crippen LogP contribution in [0.15, 0.2) is 47.4 Å². The van der Waals surface area contributed by atoms with Gasteiger partial charge in [-0.15, -0.1) is 12.8 Å². The fourth-order valence-electron chi connectivity index (χ4n) is 2.01. The quantitative estimate of drug-likeness (QED) is 0.176. The molecule has 0 saturated heterocycles. The van der Waals surface area contributed by atoms with Gasteiger partial charge in [-0.1, -0.05) is 23.2 Å². The summed E-state index contributed by atoms with van der Waals surface area (Å²) >= 11 is 13.2. The van der Waals surface area contributed by atoms with Gasteiger partial charge in [0.05, 0.1) is 5.69 Å². The minimum absolute atomic E-state index is 0.0997. The van der Waals surface area contributed by atoms with Crippen LogP contribution in [0.5, 0.6) is 0 Å². The Balaban J connectivity index is 0.00000163. The van der Waals surface area contributed by atoms with E-state index in [1.807, 2.05) is 12.1 Å². The Kier molecular flexibility index (Phi) is 9.89. The van der Waals surface area contributed by atoms with Crippen molar-refractivity contribution in [3.05, 3.63) is 68.4 Å². The van der Waals surface area contributed by atoms with Gasteiger partial charge >= 0.3 is 0 Å². The standard InChI is InChI=1S/C16H15Cl2FN2O2S.C2H2/c17-12-3-6-14(7-4-12)24-20(9-1-2-10-21(22)23)16-11-13(18)5-8-15(16)19;1-2/h3-8,11H,1-2,9-10H2;1-2H. The number of halogens is 3. The van der Waals surface area contributed by atoms with E-state index >= 15 is 0 Å². The maximum absolute atomic E-state index is 14.2. The van der Waals surface area contributed by atoms with Crippen molar-refractivity contribution in [3.8, 4) is 12.8 Å². The molecule has 2 aromatic carbocycles. The summed E-state index contributed by atoms with van der Waals surface area (Å²) in [7, 11) is 0. The van der Waals surface area contributed by atoms with E-state index in [2.05, 4.69) is 12.8 Å². The summed E-state index contributed by atoms with van der Waals surface area (Å²) in [5.41, 5.74) is 0.351. The normalized spacial score (nSPS) is 9.88. The molecular weight excluding hydrogens is 398 g/mol. The van der Waals surface area contributed by atoms with Crippen LogP contribution in [-0.2, 0) is 0 Å². The van der Waals surface area contributed by atoms with Crippen LogP contribution in [0.1, 0.15) is 12.8 Å². The smallest absolute Gasteiger partial charge is 0.203 e. The molecule has 0 N–H and O–H groups in total. The maximum atomic E-state index is 14.2. The van der Waals surface area contributed by atoms with Crippen LogP contribution in [0, 0.1) is 28.8 Å². The van der Waals surface area contributed by atoms with Gasteiger partial charge in [0.2, 0.25) is 6.54 Å². The maximum Gasteiger partial charge on any atom is 0.203 e. The lowest BCUT2D eigenvalue weighted by Gasteiger charge is -2.24. The number of hydrogen-bond acceptors (Lipinski definition) is 4. The van der Waals surface area contributed by atoms with Crippen molar-refractivity contribution in [1.82, 2.24) is 0 Å². The molecule has 0 bridgehead atoms. The molecule has 8 heteroatoms. The topological polar surface area (TPSA) is 46.4 Å². The number of unbranched alkanes of at least 4 members (excludes halogenated alkanes) is 1. The second kappa shape index (κ2) is 11.6. The van der Waals surface area contributed by atoms with Crippen molar-refractivity contribution in [2.24, 2.45) is 0 Å². The first-order valence-electron chi connectivity index (χ1n) is 7.57. The summed E-state index contributed by atoms with van der Waals surface area (Å²) in [6, 6.07) is 11.5. The van der Waals surface area contributed by atoms with Gasteiger partial charge in [0.25, 0.3) is 0 Å². The number of hydrogen-bond donors (Lipinski definition) is 0. The molecule has 0 aliphatic rings. The zero-order valence-corrected chi connectivity index (χ0v) is 16.1. The molecule has 2 rings (SSSR count). The summed E-state index contributed by atoms with van der Waals surface area (Å²) < 4.78 is 15.9. The molecule has 0 amide bonds. The van der Waals surface area contributed by atoms with Crippen LogP contribution in [0.3, 0.4) is 0 Å². The third-order valence-electron chi connectivity index (χ3n) is 3.16. The fourth-order valence-corrected chi connectivity index (χ4v) is 3.27. The van der Waals surface area contributed by atoms with E-state index in [1.165, 1.54) is 24.1 Å². The van der Waals surface area contributed by atoms with Crippen molar-refractivity contribution in [2.45, 2.75) is 17.7 Å². The average molecular weight is 415 g/mol. The zero-order chi connectivity index (χ0) is 19.5. The largest absolute Gasteiger partial charge is 0.309 e. The van der Waals surface area contributed by atoms with Crippen molar-refractivity contribution >= 4 is 40.8 Å². The second-order valence-electron chi connectivity index (χ2n) is 5.01. The number of benzene rings is 2. The molecule has 0 radical (unpaired) electrons. The Morgan fingerprint density at radius 3 is 2.31 bits per heavy atom. The molecule has 0 aliphatic carbocycles. The Bertz CT molecular complexity index is 742. The monoisotopic (exact) mass is 414 g/mol. The molecule has 0 heterocycles. The lowest BCUT2D eigenvalue weighted by Crippen LogP contribution is -2.18. The van der Waals surface area contributed by atoms with Crippen LogP contribution >= 0.6 is 35.1 Å². The summed E-state index contributed by atoms with van der Waals surface area (Å²) in [6.45, 7) is 0.357. The van der Waals surface area contributed by atoms with Gasteiger partial charge in [-0.2, -0.15) is 0 Å². The molecule has 0 aromatic heterocycles. The number of rotatable bonds is 8. The highest BCUT2D eigenvalue weighted by Crippen LogP contribution is 2.33. The van der Waals surface area contributed by atoms with Crippen molar-refractivity contribution < 1.29 is 9.31 Å². The van der Waals surface area contributed by atoms with E-state index in [9.17, 15) is 14.5 Å². The number of terminal acetylenes is 1.